The van der Waals surface area contributed by atoms with Gasteiger partial charge in [0.15, 0.2) is 0 Å². The molecule has 0 N–H and O–H groups in total. The fourth-order valence-electron chi connectivity index (χ4n) is 1.69. The largest absolute Gasteiger partial charge is 0.489 e. The summed E-state index contributed by atoms with van der Waals surface area (Å²) in [5.41, 5.74) is 10.0. The molecule has 5 heteroatoms. The van der Waals surface area contributed by atoms with Gasteiger partial charge in [0.05, 0.1) is 0 Å². The highest BCUT2D eigenvalue weighted by atomic mass is 16.5. The van der Waals surface area contributed by atoms with Crippen molar-refractivity contribution in [2.45, 2.75) is 6.61 Å². The van der Waals surface area contributed by atoms with Gasteiger partial charge in [-0.3, -0.25) is 4.79 Å². The number of carbonyl (C=O) groups excluding carboxylic acids is 1. The van der Waals surface area contributed by atoms with Gasteiger partial charge in [0.1, 0.15) is 12.4 Å². The van der Waals surface area contributed by atoms with Crippen LogP contribution in [0.3, 0.4) is 0 Å². The molecule has 0 saturated carbocycles. The zero-order valence-electron chi connectivity index (χ0n) is 11.2. The molecule has 21 heavy (non-hydrogen) atoms. The summed E-state index contributed by atoms with van der Waals surface area (Å²) < 4.78 is 5.69. The Morgan fingerprint density at radius 1 is 1.19 bits per heavy atom. The first-order chi connectivity index (χ1) is 10.3. The fraction of sp³-hybridized carbons (Fsp3) is 0.0625. The molecule has 0 aliphatic heterocycles. The van der Waals surface area contributed by atoms with E-state index in [9.17, 15) is 4.79 Å². The van der Waals surface area contributed by atoms with Crippen LogP contribution < -0.4 is 4.74 Å². The van der Waals surface area contributed by atoms with Crippen molar-refractivity contribution in [3.63, 3.8) is 0 Å². The first-order valence-corrected chi connectivity index (χ1v) is 6.32. The van der Waals surface area contributed by atoms with Gasteiger partial charge >= 0.3 is 0 Å². The average Bonchev–Trinajstić information content (AvgIpc) is 2.53. The smallest absolute Gasteiger partial charge is 0.242 e. The maximum atomic E-state index is 11.1. The van der Waals surface area contributed by atoms with E-state index < -0.39 is 5.91 Å². The van der Waals surface area contributed by atoms with Gasteiger partial charge in [-0.05, 0) is 40.0 Å². The van der Waals surface area contributed by atoms with Crippen molar-refractivity contribution >= 4 is 12.0 Å². The van der Waals surface area contributed by atoms with Crippen LogP contribution in [0.5, 0.6) is 5.75 Å². The Kier molecular flexibility index (Phi) is 5.15. The number of rotatable bonds is 5. The predicted molar refractivity (Wildman–Crippen MR) is 80.4 cm³/mol. The third kappa shape index (κ3) is 4.86. The second kappa shape index (κ2) is 7.53. The molecule has 5 nitrogen and oxygen atoms in total. The molecule has 1 amide bonds. The summed E-state index contributed by atoms with van der Waals surface area (Å²) in [6.07, 6.45) is 2.79. The van der Waals surface area contributed by atoms with E-state index in [0.29, 0.717) is 12.4 Å². The summed E-state index contributed by atoms with van der Waals surface area (Å²) in [5.74, 6) is 0.0744. The van der Waals surface area contributed by atoms with Gasteiger partial charge in [-0.1, -0.05) is 48.5 Å². The standard InChI is InChI=1S/C16H13N3O2/c17-19-18-16(20)10-9-13-7-4-8-15(11-13)21-12-14-5-2-1-3-6-14/h1-11H,12H2. The average molecular weight is 279 g/mol. The Balaban J connectivity index is 2.01. The molecular weight excluding hydrogens is 266 g/mol. The lowest BCUT2D eigenvalue weighted by Crippen LogP contribution is -1.95. The Bertz CT molecular complexity index is 690. The molecule has 2 rings (SSSR count). The first kappa shape index (κ1) is 14.4. The van der Waals surface area contributed by atoms with E-state index in [1.54, 1.807) is 6.08 Å². The number of ether oxygens (including phenoxy) is 1. The van der Waals surface area contributed by atoms with Crippen molar-refractivity contribution < 1.29 is 9.53 Å². The Hall–Kier alpha value is -3.04. The molecule has 104 valence electrons. The van der Waals surface area contributed by atoms with Gasteiger partial charge < -0.3 is 4.74 Å². The van der Waals surface area contributed by atoms with Gasteiger partial charge in [0, 0.05) is 4.91 Å². The summed E-state index contributed by atoms with van der Waals surface area (Å²) in [6, 6.07) is 17.2. The number of carbonyl (C=O) groups is 1. The molecule has 0 radical (unpaired) electrons. The minimum atomic E-state index is -0.631. The molecule has 0 heterocycles. The van der Waals surface area contributed by atoms with E-state index >= 15 is 0 Å². The van der Waals surface area contributed by atoms with E-state index in [4.69, 9.17) is 10.3 Å². The van der Waals surface area contributed by atoms with Gasteiger partial charge in [-0.25, -0.2) is 0 Å². The normalized spacial score (nSPS) is 10.1. The van der Waals surface area contributed by atoms with Crippen LogP contribution in [-0.4, -0.2) is 5.91 Å². The van der Waals surface area contributed by atoms with Crippen LogP contribution in [0.15, 0.2) is 65.8 Å². The molecule has 0 aliphatic carbocycles. The lowest BCUT2D eigenvalue weighted by molar-refractivity contribution is -0.113. The minimum Gasteiger partial charge on any atom is -0.489 e. The zero-order chi connectivity index (χ0) is 14.9. The molecule has 0 atom stereocenters. The maximum absolute atomic E-state index is 11.1. The summed E-state index contributed by atoms with van der Waals surface area (Å²) in [6.45, 7) is 0.478. The van der Waals surface area contributed by atoms with Gasteiger partial charge in [-0.15, -0.1) is 0 Å². The van der Waals surface area contributed by atoms with E-state index in [1.807, 2.05) is 54.6 Å². The highest BCUT2D eigenvalue weighted by Gasteiger charge is 1.97. The van der Waals surface area contributed by atoms with Crippen molar-refractivity contribution in [2.24, 2.45) is 5.11 Å². The van der Waals surface area contributed by atoms with E-state index in [-0.39, 0.29) is 0 Å². The molecule has 0 fully saturated rings. The highest BCUT2D eigenvalue weighted by molar-refractivity contribution is 5.92. The number of hydrogen-bond acceptors (Lipinski definition) is 2. The van der Waals surface area contributed by atoms with E-state index in [2.05, 4.69) is 10.0 Å². The molecule has 2 aromatic rings. The van der Waals surface area contributed by atoms with Gasteiger partial charge in [-0.2, -0.15) is 0 Å². The number of amides is 1. The monoisotopic (exact) mass is 279 g/mol. The molecule has 0 aliphatic rings. The third-order valence-corrected chi connectivity index (χ3v) is 2.67. The van der Waals surface area contributed by atoms with Crippen molar-refractivity contribution in [1.82, 2.24) is 0 Å². The SMILES string of the molecule is [N-]=[N+]=NC(=O)C=Cc1cccc(OCc2ccccc2)c1. The molecule has 0 spiro atoms. The number of nitrogens with zero attached hydrogens (tertiary/aromatic N) is 3. The molecule has 0 aromatic heterocycles. The van der Waals surface area contributed by atoms with Crippen molar-refractivity contribution in [1.29, 1.82) is 0 Å². The molecular formula is C16H13N3O2. The summed E-state index contributed by atoms with van der Waals surface area (Å²) in [5, 5.41) is 2.96. The van der Waals surface area contributed by atoms with Crippen LogP contribution in [0.1, 0.15) is 11.1 Å². The van der Waals surface area contributed by atoms with Gasteiger partial charge in [0.2, 0.25) is 5.91 Å². The van der Waals surface area contributed by atoms with Crippen molar-refractivity contribution in [3.05, 3.63) is 82.2 Å². The van der Waals surface area contributed by atoms with E-state index in [0.717, 1.165) is 11.1 Å². The molecule has 0 saturated heterocycles. The van der Waals surface area contributed by atoms with E-state index in [1.165, 1.54) is 6.08 Å². The number of benzene rings is 2. The zero-order valence-corrected chi connectivity index (χ0v) is 11.2. The molecule has 0 bridgehead atoms. The summed E-state index contributed by atoms with van der Waals surface area (Å²) in [7, 11) is 0. The Labute approximate surface area is 122 Å². The molecule has 0 unspecified atom stereocenters. The predicted octanol–water partition coefficient (Wildman–Crippen LogP) is 4.12. The lowest BCUT2D eigenvalue weighted by atomic mass is 10.2. The maximum Gasteiger partial charge on any atom is 0.242 e. The fourth-order valence-corrected chi connectivity index (χ4v) is 1.69. The molecule has 2 aromatic carbocycles. The highest BCUT2D eigenvalue weighted by Crippen LogP contribution is 2.16. The minimum absolute atomic E-state index is 0.478. The van der Waals surface area contributed by atoms with Gasteiger partial charge in [0.25, 0.3) is 0 Å². The van der Waals surface area contributed by atoms with Crippen molar-refractivity contribution in [2.75, 3.05) is 0 Å². The number of hydrogen-bond donors (Lipinski definition) is 0. The van der Waals surface area contributed by atoms with Crippen LogP contribution in [-0.2, 0) is 11.4 Å². The summed E-state index contributed by atoms with van der Waals surface area (Å²) in [4.78, 5) is 13.5. The topological polar surface area (TPSA) is 75.1 Å². The Morgan fingerprint density at radius 2 is 2.00 bits per heavy atom. The van der Waals surface area contributed by atoms with Crippen LogP contribution >= 0.6 is 0 Å². The second-order valence-electron chi connectivity index (χ2n) is 4.21. The van der Waals surface area contributed by atoms with Crippen LogP contribution in [0.2, 0.25) is 0 Å². The Morgan fingerprint density at radius 3 is 2.76 bits per heavy atom. The summed E-state index contributed by atoms with van der Waals surface area (Å²) >= 11 is 0. The first-order valence-electron chi connectivity index (χ1n) is 6.32. The third-order valence-electron chi connectivity index (χ3n) is 2.67. The lowest BCUT2D eigenvalue weighted by Gasteiger charge is -2.06. The van der Waals surface area contributed by atoms with Crippen LogP contribution in [0.4, 0.5) is 0 Å². The van der Waals surface area contributed by atoms with Crippen LogP contribution in [0.25, 0.3) is 16.5 Å². The second-order valence-corrected chi connectivity index (χ2v) is 4.21. The van der Waals surface area contributed by atoms with Crippen molar-refractivity contribution in [3.8, 4) is 5.75 Å². The quantitative estimate of drug-likeness (QED) is 0.357. The van der Waals surface area contributed by atoms with Crippen LogP contribution in [0, 0.1) is 0 Å². The number of azide groups is 1.